The van der Waals surface area contributed by atoms with E-state index >= 15 is 0 Å². The number of hydrogen-bond donors (Lipinski definition) is 1. The molecule has 19 heavy (non-hydrogen) atoms. The predicted octanol–water partition coefficient (Wildman–Crippen LogP) is 3.17. The maximum absolute atomic E-state index is 12.0. The van der Waals surface area contributed by atoms with E-state index in [0.29, 0.717) is 5.92 Å². The molecule has 0 saturated heterocycles. The molecule has 1 aromatic carbocycles. The molecule has 1 N–H and O–H groups in total. The second-order valence-electron chi connectivity index (χ2n) is 5.01. The fraction of sp³-hybridized carbons (Fsp3) is 0.462. The minimum absolute atomic E-state index is 0.109. The van der Waals surface area contributed by atoms with Gasteiger partial charge < -0.3 is 5.32 Å². The lowest BCUT2D eigenvalue weighted by Crippen LogP contribution is -2.33. The van der Waals surface area contributed by atoms with Crippen molar-refractivity contribution in [2.24, 2.45) is 5.92 Å². The maximum atomic E-state index is 12.0. The second kappa shape index (κ2) is 5.57. The second-order valence-corrected chi connectivity index (χ2v) is 5.42. The van der Waals surface area contributed by atoms with Gasteiger partial charge in [-0.2, -0.15) is 0 Å². The fourth-order valence-corrected chi connectivity index (χ4v) is 2.66. The van der Waals surface area contributed by atoms with Crippen LogP contribution in [0.1, 0.15) is 36.5 Å². The van der Waals surface area contributed by atoms with E-state index in [0.717, 1.165) is 19.3 Å². The maximum Gasteiger partial charge on any atom is 0.270 e. The highest BCUT2D eigenvalue weighted by molar-refractivity contribution is 6.34. The molecule has 1 fully saturated rings. The molecule has 1 aliphatic rings. The molecule has 1 saturated carbocycles. The van der Waals surface area contributed by atoms with Crippen LogP contribution in [-0.4, -0.2) is 16.9 Å². The summed E-state index contributed by atoms with van der Waals surface area (Å²) in [5.74, 6) is 0.358. The number of non-ortho nitro benzene ring substituents is 1. The zero-order chi connectivity index (χ0) is 14.0. The van der Waals surface area contributed by atoms with Gasteiger partial charge in [0.05, 0.1) is 15.5 Å². The summed E-state index contributed by atoms with van der Waals surface area (Å²) in [4.78, 5) is 22.1. The van der Waals surface area contributed by atoms with Gasteiger partial charge in [-0.3, -0.25) is 14.9 Å². The molecule has 2 atom stereocenters. The van der Waals surface area contributed by atoms with E-state index in [9.17, 15) is 14.9 Å². The molecule has 0 heterocycles. The van der Waals surface area contributed by atoms with Gasteiger partial charge in [-0.25, -0.2) is 0 Å². The summed E-state index contributed by atoms with van der Waals surface area (Å²) in [5, 5.41) is 13.6. The molecule has 2 unspecified atom stereocenters. The highest BCUT2D eigenvalue weighted by atomic mass is 35.5. The molecule has 5 nitrogen and oxygen atoms in total. The van der Waals surface area contributed by atoms with Crippen molar-refractivity contribution < 1.29 is 9.72 Å². The Balaban J connectivity index is 2.09. The van der Waals surface area contributed by atoms with Crippen molar-refractivity contribution in [3.8, 4) is 0 Å². The molecule has 0 spiro atoms. The van der Waals surface area contributed by atoms with Crippen LogP contribution in [0.4, 0.5) is 5.69 Å². The zero-order valence-corrected chi connectivity index (χ0v) is 11.3. The van der Waals surface area contributed by atoms with Gasteiger partial charge in [0.25, 0.3) is 11.6 Å². The Hall–Kier alpha value is -1.62. The number of halogens is 1. The summed E-state index contributed by atoms with van der Waals surface area (Å²) < 4.78 is 0. The molecular formula is C13H15ClN2O3. The van der Waals surface area contributed by atoms with Crippen LogP contribution in [0.3, 0.4) is 0 Å². The molecule has 1 amide bonds. The van der Waals surface area contributed by atoms with Gasteiger partial charge in [0, 0.05) is 18.2 Å². The molecule has 0 aromatic heterocycles. The summed E-state index contributed by atoms with van der Waals surface area (Å²) >= 11 is 5.92. The van der Waals surface area contributed by atoms with Crippen molar-refractivity contribution in [2.45, 2.75) is 32.2 Å². The molecule has 102 valence electrons. The van der Waals surface area contributed by atoms with Crippen molar-refractivity contribution in [3.05, 3.63) is 38.9 Å². The standard InChI is InChI=1S/C13H15ClN2O3/c1-8-2-3-9(6-8)15-13(17)11-5-4-10(16(18)19)7-12(11)14/h4-5,7-9H,2-3,6H2,1H3,(H,15,17). The Bertz CT molecular complexity index is 519. The summed E-state index contributed by atoms with van der Waals surface area (Å²) in [6.07, 6.45) is 3.05. The van der Waals surface area contributed by atoms with Crippen LogP contribution in [0.25, 0.3) is 0 Å². The van der Waals surface area contributed by atoms with Gasteiger partial charge >= 0.3 is 0 Å². The summed E-state index contributed by atoms with van der Waals surface area (Å²) in [6, 6.07) is 4.06. The van der Waals surface area contributed by atoms with Gasteiger partial charge in [-0.05, 0) is 31.2 Å². The van der Waals surface area contributed by atoms with E-state index < -0.39 is 4.92 Å². The van der Waals surface area contributed by atoms with E-state index in [1.165, 1.54) is 18.2 Å². The van der Waals surface area contributed by atoms with Crippen LogP contribution in [0.15, 0.2) is 18.2 Å². The first kappa shape index (κ1) is 13.8. The van der Waals surface area contributed by atoms with Crippen LogP contribution in [0, 0.1) is 16.0 Å². The van der Waals surface area contributed by atoms with Crippen molar-refractivity contribution >= 4 is 23.2 Å². The van der Waals surface area contributed by atoms with Gasteiger partial charge in [0.1, 0.15) is 0 Å². The van der Waals surface area contributed by atoms with Crippen LogP contribution in [0.2, 0.25) is 5.02 Å². The third-order valence-corrected chi connectivity index (χ3v) is 3.75. The number of nitro groups is 1. The van der Waals surface area contributed by atoms with Crippen molar-refractivity contribution in [3.63, 3.8) is 0 Å². The van der Waals surface area contributed by atoms with E-state index in [1.54, 1.807) is 0 Å². The van der Waals surface area contributed by atoms with Crippen LogP contribution < -0.4 is 5.32 Å². The molecule has 0 aliphatic heterocycles. The summed E-state index contributed by atoms with van der Waals surface area (Å²) in [6.45, 7) is 2.16. The molecule has 6 heteroatoms. The highest BCUT2D eigenvalue weighted by Gasteiger charge is 2.24. The Kier molecular flexibility index (Phi) is 4.04. The summed E-state index contributed by atoms with van der Waals surface area (Å²) in [5.41, 5.74) is 0.169. The SMILES string of the molecule is CC1CCC(NC(=O)c2ccc([N+](=O)[O-])cc2Cl)C1. The topological polar surface area (TPSA) is 72.2 Å². The smallest absolute Gasteiger partial charge is 0.270 e. The highest BCUT2D eigenvalue weighted by Crippen LogP contribution is 2.26. The first-order chi connectivity index (χ1) is 8.97. The number of carbonyl (C=O) groups excluding carboxylic acids is 1. The van der Waals surface area contributed by atoms with Gasteiger partial charge in [0.2, 0.25) is 0 Å². The number of hydrogen-bond acceptors (Lipinski definition) is 3. The molecule has 0 radical (unpaired) electrons. The average Bonchev–Trinajstić information content (AvgIpc) is 2.74. The molecule has 1 aromatic rings. The van der Waals surface area contributed by atoms with Crippen LogP contribution >= 0.6 is 11.6 Å². The third-order valence-electron chi connectivity index (χ3n) is 3.44. The first-order valence-electron chi connectivity index (χ1n) is 6.22. The van der Waals surface area contributed by atoms with Crippen molar-refractivity contribution in [2.75, 3.05) is 0 Å². The largest absolute Gasteiger partial charge is 0.349 e. The zero-order valence-electron chi connectivity index (χ0n) is 10.6. The minimum atomic E-state index is -0.536. The Morgan fingerprint density at radius 3 is 2.74 bits per heavy atom. The Morgan fingerprint density at radius 2 is 2.21 bits per heavy atom. The number of nitro benzene ring substituents is 1. The first-order valence-corrected chi connectivity index (χ1v) is 6.60. The lowest BCUT2D eigenvalue weighted by molar-refractivity contribution is -0.384. The molecular weight excluding hydrogens is 268 g/mol. The van der Waals surface area contributed by atoms with Gasteiger partial charge in [0.15, 0.2) is 0 Å². The fourth-order valence-electron chi connectivity index (χ4n) is 2.40. The number of nitrogens with zero attached hydrogens (tertiary/aromatic N) is 1. The monoisotopic (exact) mass is 282 g/mol. The van der Waals surface area contributed by atoms with E-state index in [-0.39, 0.29) is 28.2 Å². The number of carbonyl (C=O) groups is 1. The summed E-state index contributed by atoms with van der Waals surface area (Å²) in [7, 11) is 0. The van der Waals surface area contributed by atoms with Crippen molar-refractivity contribution in [1.82, 2.24) is 5.32 Å². The lowest BCUT2D eigenvalue weighted by atomic mass is 10.1. The van der Waals surface area contributed by atoms with Crippen LogP contribution in [0.5, 0.6) is 0 Å². The minimum Gasteiger partial charge on any atom is -0.349 e. The molecule has 2 rings (SSSR count). The van der Waals surface area contributed by atoms with Gasteiger partial charge in [-0.1, -0.05) is 18.5 Å². The number of rotatable bonds is 3. The number of benzene rings is 1. The van der Waals surface area contributed by atoms with Crippen LogP contribution in [-0.2, 0) is 0 Å². The number of nitrogens with one attached hydrogen (secondary N) is 1. The normalized spacial score (nSPS) is 22.2. The predicted molar refractivity (Wildman–Crippen MR) is 72.4 cm³/mol. The quantitative estimate of drug-likeness (QED) is 0.683. The third kappa shape index (κ3) is 3.23. The average molecular weight is 283 g/mol. The molecule has 0 bridgehead atoms. The Labute approximate surface area is 116 Å². The Morgan fingerprint density at radius 1 is 1.47 bits per heavy atom. The van der Waals surface area contributed by atoms with E-state index in [2.05, 4.69) is 12.2 Å². The molecule has 1 aliphatic carbocycles. The van der Waals surface area contributed by atoms with E-state index in [1.807, 2.05) is 0 Å². The van der Waals surface area contributed by atoms with E-state index in [4.69, 9.17) is 11.6 Å². The van der Waals surface area contributed by atoms with Crippen molar-refractivity contribution in [1.29, 1.82) is 0 Å². The lowest BCUT2D eigenvalue weighted by Gasteiger charge is -2.13. The number of amides is 1. The van der Waals surface area contributed by atoms with Gasteiger partial charge in [-0.15, -0.1) is 0 Å².